The highest BCUT2D eigenvalue weighted by Gasteiger charge is 2.40. The molecule has 134 valence electrons. The predicted octanol–water partition coefficient (Wildman–Crippen LogP) is 2.14. The Morgan fingerprint density at radius 1 is 1.28 bits per heavy atom. The number of hydrogen-bond acceptors (Lipinski definition) is 4. The number of amides is 2. The molecule has 2 amide bonds. The van der Waals surface area contributed by atoms with Gasteiger partial charge in [0.2, 0.25) is 11.8 Å². The number of anilines is 1. The third-order valence-corrected chi connectivity index (χ3v) is 4.61. The lowest BCUT2D eigenvalue weighted by molar-refractivity contribution is -0.139. The summed E-state index contributed by atoms with van der Waals surface area (Å²) in [6, 6.07) is 4.14. The molecular weight excluding hydrogens is 348 g/mol. The molecule has 1 saturated heterocycles. The third kappa shape index (κ3) is 4.22. The molecule has 1 aliphatic carbocycles. The summed E-state index contributed by atoms with van der Waals surface area (Å²) < 4.78 is 5.04. The van der Waals surface area contributed by atoms with E-state index in [1.165, 1.54) is 12.1 Å². The molecular formula is C17H19ClN2O5. The predicted molar refractivity (Wildman–Crippen MR) is 90.7 cm³/mol. The fourth-order valence-electron chi connectivity index (χ4n) is 2.93. The van der Waals surface area contributed by atoms with Crippen LogP contribution in [0, 0.1) is 5.92 Å². The number of hydrogen-bond donors (Lipinski definition) is 2. The minimum atomic E-state index is -1.10. The summed E-state index contributed by atoms with van der Waals surface area (Å²) in [6.07, 6.45) is 3.30. The SMILES string of the molecule is O=C(O)COc1ccc(NC(=O)[C@@H]2CCCN2C(=O)C2CC2)cc1Cl. The maximum Gasteiger partial charge on any atom is 0.341 e. The van der Waals surface area contributed by atoms with E-state index in [1.807, 2.05) is 0 Å². The Balaban J connectivity index is 1.63. The van der Waals surface area contributed by atoms with Crippen LogP contribution in [0.15, 0.2) is 18.2 Å². The normalized spacial score (nSPS) is 19.6. The monoisotopic (exact) mass is 366 g/mol. The number of nitrogens with one attached hydrogen (secondary N) is 1. The fourth-order valence-corrected chi connectivity index (χ4v) is 3.16. The Morgan fingerprint density at radius 3 is 2.68 bits per heavy atom. The second-order valence-corrected chi connectivity index (χ2v) is 6.69. The molecule has 1 atom stereocenters. The van der Waals surface area contributed by atoms with Crippen molar-refractivity contribution in [2.75, 3.05) is 18.5 Å². The van der Waals surface area contributed by atoms with E-state index < -0.39 is 18.6 Å². The van der Waals surface area contributed by atoms with Crippen LogP contribution in [0.4, 0.5) is 5.69 Å². The van der Waals surface area contributed by atoms with Gasteiger partial charge in [-0.3, -0.25) is 9.59 Å². The van der Waals surface area contributed by atoms with E-state index in [4.69, 9.17) is 21.4 Å². The Labute approximate surface area is 149 Å². The third-order valence-electron chi connectivity index (χ3n) is 4.32. The Kier molecular flexibility index (Phi) is 5.13. The van der Waals surface area contributed by atoms with Gasteiger partial charge in [0.25, 0.3) is 0 Å². The smallest absolute Gasteiger partial charge is 0.341 e. The van der Waals surface area contributed by atoms with Crippen molar-refractivity contribution in [2.24, 2.45) is 5.92 Å². The van der Waals surface area contributed by atoms with Crippen LogP contribution < -0.4 is 10.1 Å². The fraction of sp³-hybridized carbons (Fsp3) is 0.471. The van der Waals surface area contributed by atoms with Crippen LogP contribution in [0.1, 0.15) is 25.7 Å². The highest BCUT2D eigenvalue weighted by atomic mass is 35.5. The Bertz CT molecular complexity index is 704. The molecule has 1 aliphatic heterocycles. The van der Waals surface area contributed by atoms with Gasteiger partial charge in [0, 0.05) is 18.2 Å². The molecule has 0 radical (unpaired) electrons. The maximum atomic E-state index is 12.5. The van der Waals surface area contributed by atoms with Crippen LogP contribution in [-0.2, 0) is 14.4 Å². The largest absolute Gasteiger partial charge is 0.480 e. The molecule has 1 aromatic rings. The minimum Gasteiger partial charge on any atom is -0.480 e. The standard InChI is InChI=1S/C17H19ClN2O5/c18-12-8-11(5-6-14(12)25-9-15(21)22)19-16(23)13-2-1-7-20(13)17(24)10-3-4-10/h5-6,8,10,13H,1-4,7,9H2,(H,19,23)(H,21,22)/t13-/m0/s1. The summed E-state index contributed by atoms with van der Waals surface area (Å²) in [5.74, 6) is -0.938. The highest BCUT2D eigenvalue weighted by molar-refractivity contribution is 6.32. The van der Waals surface area contributed by atoms with Crippen molar-refractivity contribution < 1.29 is 24.2 Å². The van der Waals surface area contributed by atoms with Gasteiger partial charge in [0.15, 0.2) is 6.61 Å². The van der Waals surface area contributed by atoms with E-state index in [-0.39, 0.29) is 28.5 Å². The summed E-state index contributed by atoms with van der Waals surface area (Å²) in [6.45, 7) is 0.127. The van der Waals surface area contributed by atoms with Crippen molar-refractivity contribution in [1.82, 2.24) is 4.90 Å². The number of benzene rings is 1. The molecule has 1 heterocycles. The minimum absolute atomic E-state index is 0.0769. The van der Waals surface area contributed by atoms with Crippen molar-refractivity contribution in [3.8, 4) is 5.75 Å². The molecule has 0 unspecified atom stereocenters. The first kappa shape index (κ1) is 17.5. The number of carbonyl (C=O) groups excluding carboxylic acids is 2. The maximum absolute atomic E-state index is 12.5. The second-order valence-electron chi connectivity index (χ2n) is 6.28. The zero-order valence-electron chi connectivity index (χ0n) is 13.5. The van der Waals surface area contributed by atoms with Crippen molar-refractivity contribution in [2.45, 2.75) is 31.7 Å². The second kappa shape index (κ2) is 7.31. The number of rotatable bonds is 6. The van der Waals surface area contributed by atoms with Gasteiger partial charge in [-0.1, -0.05) is 11.6 Å². The van der Waals surface area contributed by atoms with Gasteiger partial charge in [-0.25, -0.2) is 4.79 Å². The Morgan fingerprint density at radius 2 is 2.04 bits per heavy atom. The van der Waals surface area contributed by atoms with E-state index in [9.17, 15) is 14.4 Å². The van der Waals surface area contributed by atoms with Crippen molar-refractivity contribution in [3.05, 3.63) is 23.2 Å². The molecule has 25 heavy (non-hydrogen) atoms. The molecule has 3 rings (SSSR count). The summed E-state index contributed by atoms with van der Waals surface area (Å²) in [4.78, 5) is 37.0. The van der Waals surface area contributed by atoms with Gasteiger partial charge < -0.3 is 20.1 Å². The lowest BCUT2D eigenvalue weighted by Crippen LogP contribution is -2.43. The van der Waals surface area contributed by atoms with Gasteiger partial charge in [-0.2, -0.15) is 0 Å². The number of carbonyl (C=O) groups is 3. The highest BCUT2D eigenvalue weighted by Crippen LogP contribution is 2.34. The zero-order valence-corrected chi connectivity index (χ0v) is 14.3. The molecule has 7 nitrogen and oxygen atoms in total. The first-order valence-corrected chi connectivity index (χ1v) is 8.59. The van der Waals surface area contributed by atoms with E-state index >= 15 is 0 Å². The molecule has 2 fully saturated rings. The lowest BCUT2D eigenvalue weighted by atomic mass is 10.2. The average molecular weight is 367 g/mol. The van der Waals surface area contributed by atoms with Crippen LogP contribution in [0.5, 0.6) is 5.75 Å². The molecule has 8 heteroatoms. The van der Waals surface area contributed by atoms with E-state index in [2.05, 4.69) is 5.32 Å². The number of ether oxygens (including phenoxy) is 1. The topological polar surface area (TPSA) is 95.9 Å². The van der Waals surface area contributed by atoms with Crippen molar-refractivity contribution in [1.29, 1.82) is 0 Å². The quantitative estimate of drug-likeness (QED) is 0.804. The van der Waals surface area contributed by atoms with E-state index in [0.717, 1.165) is 19.3 Å². The average Bonchev–Trinajstić information content (AvgIpc) is 3.29. The van der Waals surface area contributed by atoms with Crippen LogP contribution in [0.2, 0.25) is 5.02 Å². The Hall–Kier alpha value is -2.28. The molecule has 2 N–H and O–H groups in total. The number of likely N-dealkylation sites (tertiary alicyclic amines) is 1. The van der Waals surface area contributed by atoms with Crippen LogP contribution in [-0.4, -0.2) is 47.0 Å². The van der Waals surface area contributed by atoms with E-state index in [0.29, 0.717) is 18.7 Å². The summed E-state index contributed by atoms with van der Waals surface area (Å²) in [5, 5.41) is 11.6. The van der Waals surface area contributed by atoms with Crippen LogP contribution in [0.3, 0.4) is 0 Å². The van der Waals surface area contributed by atoms with Crippen LogP contribution >= 0.6 is 11.6 Å². The van der Waals surface area contributed by atoms with Crippen molar-refractivity contribution in [3.63, 3.8) is 0 Å². The van der Waals surface area contributed by atoms with Gasteiger partial charge >= 0.3 is 5.97 Å². The number of carboxylic acid groups (broad SMARTS) is 1. The number of aliphatic carboxylic acids is 1. The first-order chi connectivity index (χ1) is 12.0. The molecule has 0 aromatic heterocycles. The van der Waals surface area contributed by atoms with Gasteiger partial charge in [0.1, 0.15) is 11.8 Å². The molecule has 0 spiro atoms. The summed E-state index contributed by atoms with van der Waals surface area (Å²) in [5.41, 5.74) is 0.475. The molecule has 0 bridgehead atoms. The van der Waals surface area contributed by atoms with Gasteiger partial charge in [-0.15, -0.1) is 0 Å². The first-order valence-electron chi connectivity index (χ1n) is 8.21. The molecule has 1 saturated carbocycles. The zero-order chi connectivity index (χ0) is 18.0. The molecule has 2 aliphatic rings. The lowest BCUT2D eigenvalue weighted by Gasteiger charge is -2.24. The number of nitrogens with zero attached hydrogens (tertiary/aromatic N) is 1. The van der Waals surface area contributed by atoms with Gasteiger partial charge in [0.05, 0.1) is 5.02 Å². The summed E-state index contributed by atoms with van der Waals surface area (Å²) in [7, 11) is 0. The number of halogens is 1. The van der Waals surface area contributed by atoms with Gasteiger partial charge in [-0.05, 0) is 43.9 Å². The van der Waals surface area contributed by atoms with E-state index in [1.54, 1.807) is 11.0 Å². The number of carboxylic acids is 1. The van der Waals surface area contributed by atoms with Crippen LogP contribution in [0.25, 0.3) is 0 Å². The molecule has 1 aromatic carbocycles. The van der Waals surface area contributed by atoms with Crippen molar-refractivity contribution >= 4 is 35.1 Å². The summed E-state index contributed by atoms with van der Waals surface area (Å²) >= 11 is 6.05.